The van der Waals surface area contributed by atoms with E-state index in [4.69, 9.17) is 0 Å². The Bertz CT molecular complexity index is 875. The second-order valence-electron chi connectivity index (χ2n) is 6.21. The first-order valence-corrected chi connectivity index (χ1v) is 8.22. The van der Waals surface area contributed by atoms with Crippen LogP contribution in [0.1, 0.15) is 17.3 Å². The Hall–Kier alpha value is -2.99. The number of carbonyl (C=O) groups is 1. The van der Waals surface area contributed by atoms with Gasteiger partial charge in [0, 0.05) is 43.3 Å². The molecule has 0 aliphatic carbocycles. The number of rotatable bonds is 4. The third-order valence-corrected chi connectivity index (χ3v) is 4.32. The lowest BCUT2D eigenvalue weighted by Gasteiger charge is -2.23. The molecule has 6 nitrogen and oxygen atoms in total. The molecule has 1 aliphatic heterocycles. The van der Waals surface area contributed by atoms with Crippen molar-refractivity contribution in [2.75, 3.05) is 6.54 Å². The van der Waals surface area contributed by atoms with Crippen LogP contribution < -0.4 is 5.32 Å². The van der Waals surface area contributed by atoms with E-state index in [-0.39, 0.29) is 12.1 Å². The Morgan fingerprint density at radius 1 is 1.20 bits per heavy atom. The zero-order chi connectivity index (χ0) is 17.2. The molecular formula is C19H19N5O. The highest BCUT2D eigenvalue weighted by Gasteiger charge is 2.33. The third kappa shape index (κ3) is 3.16. The van der Waals surface area contributed by atoms with E-state index >= 15 is 0 Å². The molecule has 0 saturated carbocycles. The predicted octanol–water partition coefficient (Wildman–Crippen LogP) is 2.11. The maximum Gasteiger partial charge on any atom is 0.235 e. The fraction of sp³-hybridized carbons (Fsp3) is 0.211. The number of pyridine rings is 1. The number of carbonyl (C=O) groups excluding carboxylic acids is 1. The summed E-state index contributed by atoms with van der Waals surface area (Å²) in [5.74, 6) is 0.0296. The van der Waals surface area contributed by atoms with Gasteiger partial charge in [-0.3, -0.25) is 19.4 Å². The summed E-state index contributed by atoms with van der Waals surface area (Å²) in [7, 11) is 1.89. The van der Waals surface area contributed by atoms with E-state index in [1.165, 1.54) is 5.56 Å². The van der Waals surface area contributed by atoms with Gasteiger partial charge in [-0.1, -0.05) is 30.3 Å². The SMILES string of the molecule is Cn1cc([C@H]2NC(=O)CN2Cc2ccccc2)c(-c2cccnc2)n1. The van der Waals surface area contributed by atoms with Crippen LogP contribution in [0.4, 0.5) is 0 Å². The summed E-state index contributed by atoms with van der Waals surface area (Å²) in [6.07, 6.45) is 5.31. The van der Waals surface area contributed by atoms with Crippen molar-refractivity contribution in [2.45, 2.75) is 12.7 Å². The molecule has 25 heavy (non-hydrogen) atoms. The molecule has 126 valence electrons. The van der Waals surface area contributed by atoms with Gasteiger partial charge in [-0.15, -0.1) is 0 Å². The van der Waals surface area contributed by atoms with Crippen LogP contribution in [0, 0.1) is 0 Å². The minimum atomic E-state index is -0.198. The molecule has 6 heteroatoms. The quantitative estimate of drug-likeness (QED) is 0.794. The van der Waals surface area contributed by atoms with Crippen LogP contribution in [0.5, 0.6) is 0 Å². The van der Waals surface area contributed by atoms with E-state index in [1.54, 1.807) is 17.1 Å². The number of benzene rings is 1. The molecule has 1 aromatic carbocycles. The number of aryl methyl sites for hydroxylation is 1. The zero-order valence-electron chi connectivity index (χ0n) is 14.0. The van der Waals surface area contributed by atoms with E-state index in [1.807, 2.05) is 43.6 Å². The molecule has 2 aromatic heterocycles. The standard InChI is InChI=1S/C19H19N5O/c1-23-12-16(18(22-23)15-8-5-9-20-10-15)19-21-17(25)13-24(19)11-14-6-3-2-4-7-14/h2-10,12,19H,11,13H2,1H3,(H,21,25)/t19-/m0/s1. The lowest BCUT2D eigenvalue weighted by Crippen LogP contribution is -2.27. The van der Waals surface area contributed by atoms with E-state index in [0.717, 1.165) is 16.8 Å². The van der Waals surface area contributed by atoms with Gasteiger partial charge in [0.25, 0.3) is 0 Å². The van der Waals surface area contributed by atoms with Crippen molar-refractivity contribution < 1.29 is 4.79 Å². The van der Waals surface area contributed by atoms with Gasteiger partial charge in [0.2, 0.25) is 5.91 Å². The van der Waals surface area contributed by atoms with Crippen molar-refractivity contribution in [2.24, 2.45) is 7.05 Å². The van der Waals surface area contributed by atoms with Gasteiger partial charge in [0.15, 0.2) is 0 Å². The van der Waals surface area contributed by atoms with Crippen LogP contribution in [0.15, 0.2) is 61.1 Å². The lowest BCUT2D eigenvalue weighted by molar-refractivity contribution is -0.118. The first-order chi connectivity index (χ1) is 12.2. The largest absolute Gasteiger partial charge is 0.335 e. The number of amides is 1. The number of hydrogen-bond donors (Lipinski definition) is 1. The highest BCUT2D eigenvalue weighted by molar-refractivity contribution is 5.81. The molecule has 0 bridgehead atoms. The highest BCUT2D eigenvalue weighted by Crippen LogP contribution is 2.31. The number of nitrogens with zero attached hydrogens (tertiary/aromatic N) is 4. The molecule has 1 aliphatic rings. The summed E-state index contributed by atoms with van der Waals surface area (Å²) in [5.41, 5.74) is 3.95. The van der Waals surface area contributed by atoms with E-state index in [2.05, 4.69) is 32.4 Å². The maximum absolute atomic E-state index is 12.1. The van der Waals surface area contributed by atoms with Crippen molar-refractivity contribution in [3.63, 3.8) is 0 Å². The molecule has 0 unspecified atom stereocenters. The van der Waals surface area contributed by atoms with Gasteiger partial charge in [0.05, 0.1) is 6.54 Å². The minimum Gasteiger partial charge on any atom is -0.335 e. The summed E-state index contributed by atoms with van der Waals surface area (Å²) in [6.45, 7) is 1.08. The van der Waals surface area contributed by atoms with Crippen LogP contribution >= 0.6 is 0 Å². The van der Waals surface area contributed by atoms with Gasteiger partial charge in [-0.2, -0.15) is 5.10 Å². The molecule has 1 atom stereocenters. The zero-order valence-corrected chi connectivity index (χ0v) is 14.0. The summed E-state index contributed by atoms with van der Waals surface area (Å²) in [4.78, 5) is 18.4. The van der Waals surface area contributed by atoms with Crippen LogP contribution in [0.25, 0.3) is 11.3 Å². The van der Waals surface area contributed by atoms with Gasteiger partial charge < -0.3 is 5.32 Å². The van der Waals surface area contributed by atoms with E-state index in [0.29, 0.717) is 13.1 Å². The average Bonchev–Trinajstić information content (AvgIpc) is 3.19. The number of aromatic nitrogens is 3. The van der Waals surface area contributed by atoms with Crippen LogP contribution in [-0.2, 0) is 18.4 Å². The maximum atomic E-state index is 12.1. The van der Waals surface area contributed by atoms with Crippen molar-refractivity contribution >= 4 is 5.91 Å². The normalized spacial score (nSPS) is 17.6. The molecular weight excluding hydrogens is 314 g/mol. The van der Waals surface area contributed by atoms with Gasteiger partial charge in [0.1, 0.15) is 11.9 Å². The molecule has 4 rings (SSSR count). The van der Waals surface area contributed by atoms with E-state index < -0.39 is 0 Å². The van der Waals surface area contributed by atoms with Gasteiger partial charge in [-0.05, 0) is 17.7 Å². The molecule has 1 N–H and O–H groups in total. The number of nitrogens with one attached hydrogen (secondary N) is 1. The summed E-state index contributed by atoms with van der Waals surface area (Å²) < 4.78 is 1.78. The molecule has 1 amide bonds. The van der Waals surface area contributed by atoms with Gasteiger partial charge in [-0.25, -0.2) is 0 Å². The second-order valence-corrected chi connectivity index (χ2v) is 6.21. The molecule has 3 aromatic rings. The van der Waals surface area contributed by atoms with Crippen LogP contribution in [-0.4, -0.2) is 32.1 Å². The summed E-state index contributed by atoms with van der Waals surface area (Å²) >= 11 is 0. The van der Waals surface area contributed by atoms with Gasteiger partial charge >= 0.3 is 0 Å². The molecule has 0 spiro atoms. The Morgan fingerprint density at radius 3 is 2.80 bits per heavy atom. The number of hydrogen-bond acceptors (Lipinski definition) is 4. The monoisotopic (exact) mass is 333 g/mol. The van der Waals surface area contributed by atoms with Crippen LogP contribution in [0.3, 0.4) is 0 Å². The Balaban J connectivity index is 1.69. The second kappa shape index (κ2) is 6.49. The Morgan fingerprint density at radius 2 is 2.04 bits per heavy atom. The molecule has 3 heterocycles. The molecule has 0 radical (unpaired) electrons. The highest BCUT2D eigenvalue weighted by atomic mass is 16.2. The third-order valence-electron chi connectivity index (χ3n) is 4.32. The fourth-order valence-electron chi connectivity index (χ4n) is 3.24. The Kier molecular flexibility index (Phi) is 4.03. The smallest absolute Gasteiger partial charge is 0.235 e. The Labute approximate surface area is 146 Å². The molecule has 1 saturated heterocycles. The summed E-state index contributed by atoms with van der Waals surface area (Å²) in [6, 6.07) is 14.0. The van der Waals surface area contributed by atoms with Crippen molar-refractivity contribution in [3.8, 4) is 11.3 Å². The molecule has 1 fully saturated rings. The summed E-state index contributed by atoms with van der Waals surface area (Å²) in [5, 5.41) is 7.67. The fourth-order valence-corrected chi connectivity index (χ4v) is 3.24. The average molecular weight is 333 g/mol. The topological polar surface area (TPSA) is 63.1 Å². The van der Waals surface area contributed by atoms with Crippen molar-refractivity contribution in [1.82, 2.24) is 25.0 Å². The van der Waals surface area contributed by atoms with Crippen molar-refractivity contribution in [1.29, 1.82) is 0 Å². The van der Waals surface area contributed by atoms with E-state index in [9.17, 15) is 4.79 Å². The first-order valence-electron chi connectivity index (χ1n) is 8.22. The van der Waals surface area contributed by atoms with Crippen LogP contribution in [0.2, 0.25) is 0 Å². The first kappa shape index (κ1) is 15.5. The minimum absolute atomic E-state index is 0.0296. The lowest BCUT2D eigenvalue weighted by atomic mass is 10.1. The predicted molar refractivity (Wildman–Crippen MR) is 94.2 cm³/mol. The van der Waals surface area contributed by atoms with Crippen molar-refractivity contribution in [3.05, 3.63) is 72.2 Å².